The highest BCUT2D eigenvalue weighted by molar-refractivity contribution is 5.89. The number of nitrogens with zero attached hydrogens (tertiary/aromatic N) is 1. The van der Waals surface area contributed by atoms with Gasteiger partial charge in [0.15, 0.2) is 18.1 Å². The molecule has 5 rings (SSSR count). The van der Waals surface area contributed by atoms with E-state index in [4.69, 9.17) is 33.5 Å². The Bertz CT molecular complexity index is 1650. The van der Waals surface area contributed by atoms with E-state index in [2.05, 4.69) is 0 Å². The molecule has 2 aliphatic rings. The average Bonchev–Trinajstić information content (AvgIpc) is 3.18. The van der Waals surface area contributed by atoms with Gasteiger partial charge in [0.05, 0.1) is 34.4 Å². The number of rotatable bonds is 16. The summed E-state index contributed by atoms with van der Waals surface area (Å²) < 4.78 is 33.9. The zero-order valence-corrected chi connectivity index (χ0v) is 30.6. The predicted molar refractivity (Wildman–Crippen MR) is 194 cm³/mol. The van der Waals surface area contributed by atoms with Crippen LogP contribution in [0.25, 0.3) is 0 Å². The van der Waals surface area contributed by atoms with E-state index in [9.17, 15) is 14.4 Å². The average molecular weight is 718 g/mol. The molecule has 52 heavy (non-hydrogen) atoms. The van der Waals surface area contributed by atoms with Crippen molar-refractivity contribution < 1.29 is 47.9 Å². The minimum Gasteiger partial charge on any atom is -0.497 e. The molecule has 11 nitrogen and oxygen atoms in total. The van der Waals surface area contributed by atoms with Crippen LogP contribution in [0.1, 0.15) is 86.5 Å². The third-order valence-corrected chi connectivity index (χ3v) is 10.2. The van der Waals surface area contributed by atoms with Gasteiger partial charge in [-0.2, -0.15) is 0 Å². The summed E-state index contributed by atoms with van der Waals surface area (Å²) in [5.74, 6) is 0.819. The number of hydrogen-bond acceptors (Lipinski definition) is 9. The zero-order valence-electron chi connectivity index (χ0n) is 30.6. The summed E-state index contributed by atoms with van der Waals surface area (Å²) in [6.07, 6.45) is 7.43. The van der Waals surface area contributed by atoms with E-state index in [0.29, 0.717) is 60.1 Å². The van der Waals surface area contributed by atoms with E-state index in [1.54, 1.807) is 57.6 Å². The first-order chi connectivity index (χ1) is 25.2. The molecule has 1 aliphatic heterocycles. The van der Waals surface area contributed by atoms with Crippen LogP contribution in [-0.2, 0) is 25.5 Å². The molecule has 3 unspecified atom stereocenters. The number of carbonyl (C=O) groups is 3. The maximum atomic E-state index is 14.8. The van der Waals surface area contributed by atoms with Crippen molar-refractivity contribution in [1.29, 1.82) is 0 Å². The number of aryl methyl sites for hydroxylation is 1. The zero-order chi connectivity index (χ0) is 37.0. The smallest absolute Gasteiger partial charge is 0.341 e. The summed E-state index contributed by atoms with van der Waals surface area (Å²) in [6.45, 7) is -0.0439. The van der Waals surface area contributed by atoms with E-state index < -0.39 is 36.6 Å². The van der Waals surface area contributed by atoms with Crippen LogP contribution in [0.3, 0.4) is 0 Å². The van der Waals surface area contributed by atoms with Gasteiger partial charge in [-0.05, 0) is 104 Å². The van der Waals surface area contributed by atoms with Gasteiger partial charge in [0.25, 0.3) is 0 Å². The van der Waals surface area contributed by atoms with Crippen LogP contribution in [0.5, 0.6) is 28.7 Å². The van der Waals surface area contributed by atoms with E-state index in [1.807, 2.05) is 36.4 Å². The molecule has 0 radical (unpaired) electrons. The number of piperidine rings is 1. The monoisotopic (exact) mass is 717 g/mol. The molecule has 2 fully saturated rings. The first kappa shape index (κ1) is 38.3. The number of carboxylic acid groups (broad SMARTS) is 1. The van der Waals surface area contributed by atoms with E-state index in [0.717, 1.165) is 56.1 Å². The van der Waals surface area contributed by atoms with E-state index in [-0.39, 0.29) is 11.8 Å². The Kier molecular flexibility index (Phi) is 13.6. The Hall–Kier alpha value is -4.93. The number of carboxylic acids is 1. The number of aliphatic carboxylic acids is 1. The van der Waals surface area contributed by atoms with Gasteiger partial charge in [-0.25, -0.2) is 9.59 Å². The second-order valence-electron chi connectivity index (χ2n) is 13.5. The fourth-order valence-electron chi connectivity index (χ4n) is 7.51. The van der Waals surface area contributed by atoms with Crippen LogP contribution in [0, 0.1) is 5.92 Å². The van der Waals surface area contributed by atoms with Crippen molar-refractivity contribution in [2.75, 3.05) is 41.6 Å². The Labute approximate surface area is 306 Å². The lowest BCUT2D eigenvalue weighted by Gasteiger charge is -2.39. The Balaban J connectivity index is 1.43. The first-order valence-electron chi connectivity index (χ1n) is 18.1. The lowest BCUT2D eigenvalue weighted by atomic mass is 9.75. The van der Waals surface area contributed by atoms with Gasteiger partial charge >= 0.3 is 11.9 Å². The standard InChI is InChI=1S/C41H51NO10/c1-47-32-23-30(24-33(25-32)48-2)39(28-11-6-5-7-12-28)40(45)42-20-9-8-15-34(42)41(46)52-35(29-13-10-14-31(22-29)51-26-38(43)44)18-16-27-17-19-36(49-3)37(21-27)50-4/h10,13-14,17,19,21-25,28,34-35,39H,5-9,11-12,15-16,18,20,26H2,1-4H3,(H,43,44). The molecular weight excluding hydrogens is 666 g/mol. The summed E-state index contributed by atoms with van der Waals surface area (Å²) in [7, 11) is 6.36. The summed E-state index contributed by atoms with van der Waals surface area (Å²) in [6, 6.07) is 17.5. The molecular formula is C41H51NO10. The van der Waals surface area contributed by atoms with Crippen molar-refractivity contribution in [3.8, 4) is 28.7 Å². The highest BCUT2D eigenvalue weighted by atomic mass is 16.5. The predicted octanol–water partition coefficient (Wildman–Crippen LogP) is 7.15. The number of hydrogen-bond donors (Lipinski definition) is 1. The second kappa shape index (κ2) is 18.5. The normalized spacial score (nSPS) is 17.4. The lowest BCUT2D eigenvalue weighted by Crippen LogP contribution is -2.51. The molecule has 0 aromatic heterocycles. The van der Waals surface area contributed by atoms with Crippen LogP contribution >= 0.6 is 0 Å². The Morgan fingerprint density at radius 3 is 2.12 bits per heavy atom. The molecule has 1 saturated heterocycles. The number of methoxy groups -OCH3 is 4. The van der Waals surface area contributed by atoms with Crippen LogP contribution in [0.2, 0.25) is 0 Å². The van der Waals surface area contributed by atoms with Crippen LogP contribution < -0.4 is 23.7 Å². The number of carbonyl (C=O) groups excluding carboxylic acids is 2. The number of esters is 1. The number of benzene rings is 3. The van der Waals surface area contributed by atoms with Gasteiger partial charge in [0, 0.05) is 12.6 Å². The van der Waals surface area contributed by atoms with Crippen molar-refractivity contribution in [3.05, 3.63) is 77.4 Å². The molecule has 3 aromatic rings. The minimum absolute atomic E-state index is 0.0743. The number of amides is 1. The summed E-state index contributed by atoms with van der Waals surface area (Å²) >= 11 is 0. The molecule has 1 saturated carbocycles. The van der Waals surface area contributed by atoms with Crippen LogP contribution in [0.15, 0.2) is 60.7 Å². The highest BCUT2D eigenvalue weighted by Gasteiger charge is 2.41. The molecule has 1 heterocycles. The van der Waals surface area contributed by atoms with Crippen molar-refractivity contribution in [3.63, 3.8) is 0 Å². The van der Waals surface area contributed by atoms with Gasteiger partial charge in [-0.15, -0.1) is 0 Å². The topological polar surface area (TPSA) is 130 Å². The third kappa shape index (κ3) is 9.68. The van der Waals surface area contributed by atoms with E-state index in [1.165, 1.54) is 0 Å². The van der Waals surface area contributed by atoms with Gasteiger partial charge in [0.1, 0.15) is 29.4 Å². The highest BCUT2D eigenvalue weighted by Crippen LogP contribution is 2.41. The van der Waals surface area contributed by atoms with Crippen LogP contribution in [-0.4, -0.2) is 75.5 Å². The molecule has 1 amide bonds. The molecule has 1 N–H and O–H groups in total. The number of likely N-dealkylation sites (tertiary alicyclic amines) is 1. The minimum atomic E-state index is -1.09. The van der Waals surface area contributed by atoms with Crippen molar-refractivity contribution in [2.45, 2.75) is 82.3 Å². The molecule has 11 heteroatoms. The maximum absolute atomic E-state index is 14.8. The summed E-state index contributed by atoms with van der Waals surface area (Å²) in [5, 5.41) is 9.17. The van der Waals surface area contributed by atoms with Crippen molar-refractivity contribution in [1.82, 2.24) is 4.90 Å². The van der Waals surface area contributed by atoms with Crippen molar-refractivity contribution in [2.24, 2.45) is 5.92 Å². The molecule has 0 bridgehead atoms. The molecule has 280 valence electrons. The fraction of sp³-hybridized carbons (Fsp3) is 0.488. The fourth-order valence-corrected chi connectivity index (χ4v) is 7.51. The number of ether oxygens (including phenoxy) is 6. The second-order valence-corrected chi connectivity index (χ2v) is 13.5. The first-order valence-corrected chi connectivity index (χ1v) is 18.1. The summed E-state index contributed by atoms with van der Waals surface area (Å²) in [5.41, 5.74) is 2.45. The molecule has 1 aliphatic carbocycles. The van der Waals surface area contributed by atoms with Crippen LogP contribution in [0.4, 0.5) is 0 Å². The van der Waals surface area contributed by atoms with E-state index >= 15 is 0 Å². The Morgan fingerprint density at radius 2 is 1.44 bits per heavy atom. The lowest BCUT2D eigenvalue weighted by molar-refractivity contribution is -0.163. The Morgan fingerprint density at radius 1 is 0.750 bits per heavy atom. The largest absolute Gasteiger partial charge is 0.497 e. The van der Waals surface area contributed by atoms with Gasteiger partial charge in [0.2, 0.25) is 5.91 Å². The van der Waals surface area contributed by atoms with Gasteiger partial charge < -0.3 is 38.4 Å². The maximum Gasteiger partial charge on any atom is 0.341 e. The van der Waals surface area contributed by atoms with Gasteiger partial charge in [-0.1, -0.05) is 37.5 Å². The van der Waals surface area contributed by atoms with Gasteiger partial charge in [-0.3, -0.25) is 4.79 Å². The summed E-state index contributed by atoms with van der Waals surface area (Å²) in [4.78, 5) is 42.1. The molecule has 3 aromatic carbocycles. The molecule has 3 atom stereocenters. The quantitative estimate of drug-likeness (QED) is 0.153. The third-order valence-electron chi connectivity index (χ3n) is 10.2. The SMILES string of the molecule is COc1cc(OC)cc(C(C(=O)N2CCCCC2C(=O)OC(CCc2ccc(OC)c(OC)c2)c2cccc(OCC(=O)O)c2)C2CCCCC2)c1. The molecule has 0 spiro atoms. The van der Waals surface area contributed by atoms with Crippen molar-refractivity contribution >= 4 is 17.8 Å².